The molecule has 0 radical (unpaired) electrons. The van der Waals surface area contributed by atoms with E-state index in [1.807, 2.05) is 29.2 Å². The number of aromatic nitrogens is 6. The maximum atomic E-state index is 14.2. The topological polar surface area (TPSA) is 219 Å². The summed E-state index contributed by atoms with van der Waals surface area (Å²) < 4.78 is 21.5. The molecule has 0 saturated carbocycles. The number of halogens is 1. The van der Waals surface area contributed by atoms with Crippen LogP contribution in [0.3, 0.4) is 0 Å². The third-order valence-corrected chi connectivity index (χ3v) is 12.9. The number of nitrogens with one attached hydrogen (secondary N) is 4. The molecule has 5 aliphatic rings. The number of imidazole rings is 2. The zero-order chi connectivity index (χ0) is 45.1. The molecule has 3 aromatic heterocycles. The van der Waals surface area contributed by atoms with Crippen LogP contribution in [0.25, 0.3) is 27.9 Å². The van der Waals surface area contributed by atoms with Crippen LogP contribution in [0.1, 0.15) is 39.4 Å². The molecule has 6 aromatic rings. The third-order valence-electron chi connectivity index (χ3n) is 12.9. The maximum absolute atomic E-state index is 14.2. The van der Waals surface area contributed by atoms with Gasteiger partial charge in [0.2, 0.25) is 17.8 Å². The van der Waals surface area contributed by atoms with Gasteiger partial charge in [-0.15, -0.1) is 0 Å². The number of fused-ring (bicyclic) bond motifs is 3. The molecule has 4 saturated heterocycles. The number of urea groups is 1. The summed E-state index contributed by atoms with van der Waals surface area (Å²) in [5.74, 6) is -0.347. The Labute approximate surface area is 376 Å². The Morgan fingerprint density at radius 2 is 1.67 bits per heavy atom. The number of ether oxygens (including phenoxy) is 1. The molecule has 4 N–H and O–H groups in total. The van der Waals surface area contributed by atoms with Gasteiger partial charge >= 0.3 is 6.03 Å². The van der Waals surface area contributed by atoms with Crippen molar-refractivity contribution >= 4 is 75.0 Å². The summed E-state index contributed by atoms with van der Waals surface area (Å²) in [6, 6.07) is 15.9. The number of benzene rings is 3. The molecular formula is C45H45FN14O6. The van der Waals surface area contributed by atoms with Crippen LogP contribution in [0.15, 0.2) is 67.0 Å². The molecule has 0 aliphatic carbocycles. The standard InChI is InChI=1S/C45H45FN14O6/c46-27-2-1-3-30(18-27)59-25-48-38-39(53-44(54-40(38)59)56-14-16-66-17-15-56)47-21-36-50-33-7-4-28(19-34(33)51-36)49-45(65)57-12-10-55(11-13-57)22-26-23-58(24-26)29-5-6-31-32(20-29)43(64)60(42(31)63)35-8-9-37(61)52-41(35)62/h1-7,18-20,25-26,35H,8-17,21-24H2,(H,49,65)(H,50,51)(H,47,53,54)(H,52,61,62). The predicted molar refractivity (Wildman–Crippen MR) is 239 cm³/mol. The molecule has 5 aliphatic heterocycles. The summed E-state index contributed by atoms with van der Waals surface area (Å²) in [5.41, 5.74) is 5.18. The number of aromatic amines is 1. The van der Waals surface area contributed by atoms with Gasteiger partial charge in [-0.3, -0.25) is 38.9 Å². The second kappa shape index (κ2) is 16.8. The fourth-order valence-corrected chi connectivity index (χ4v) is 9.38. The number of hydrogen-bond donors (Lipinski definition) is 4. The molecule has 1 atom stereocenters. The molecule has 11 rings (SSSR count). The Bertz CT molecular complexity index is 2940. The number of morpholine rings is 1. The van der Waals surface area contributed by atoms with Crippen molar-refractivity contribution in [1.29, 1.82) is 0 Å². The summed E-state index contributed by atoms with van der Waals surface area (Å²) in [6.45, 7) is 7.77. The maximum Gasteiger partial charge on any atom is 0.321 e. The van der Waals surface area contributed by atoms with Gasteiger partial charge in [-0.25, -0.2) is 19.2 Å². The minimum atomic E-state index is -0.996. The number of hydrogen-bond acceptors (Lipinski definition) is 14. The SMILES string of the molecule is O=C1CCC(N2C(=O)c3ccc(N4CC(CN5CCN(C(=O)Nc6ccc7nc(CNc8nc(N9CCOCC9)nc9c8ncn9-c8cccc(F)c8)[nH]c7c6)CC5)C4)cc3C2=O)C(=O)N1. The first-order valence-corrected chi connectivity index (χ1v) is 22.1. The van der Waals surface area contributed by atoms with E-state index in [4.69, 9.17) is 19.7 Å². The summed E-state index contributed by atoms with van der Waals surface area (Å²) in [4.78, 5) is 95.7. The third kappa shape index (κ3) is 7.78. The highest BCUT2D eigenvalue weighted by Crippen LogP contribution is 2.34. The van der Waals surface area contributed by atoms with Crippen molar-refractivity contribution < 1.29 is 33.1 Å². The minimum absolute atomic E-state index is 0.0733. The fraction of sp³-hybridized carbons (Fsp3) is 0.356. The van der Waals surface area contributed by atoms with Crippen LogP contribution in [0.2, 0.25) is 0 Å². The van der Waals surface area contributed by atoms with Crippen LogP contribution in [-0.4, -0.2) is 152 Å². The molecule has 3 aromatic carbocycles. The van der Waals surface area contributed by atoms with Crippen molar-refractivity contribution in [2.75, 3.05) is 92.5 Å². The molecule has 6 amide bonds. The number of rotatable bonds is 10. The Morgan fingerprint density at radius 3 is 2.47 bits per heavy atom. The van der Waals surface area contributed by atoms with E-state index in [2.05, 4.69) is 40.6 Å². The number of carbonyl (C=O) groups is 5. The van der Waals surface area contributed by atoms with Crippen LogP contribution in [0.4, 0.5) is 32.3 Å². The molecule has 66 heavy (non-hydrogen) atoms. The monoisotopic (exact) mass is 896 g/mol. The van der Waals surface area contributed by atoms with Gasteiger partial charge in [-0.2, -0.15) is 9.97 Å². The van der Waals surface area contributed by atoms with Gasteiger partial charge in [-0.1, -0.05) is 6.07 Å². The summed E-state index contributed by atoms with van der Waals surface area (Å²) in [6.07, 6.45) is 1.80. The number of piperidine rings is 1. The molecule has 338 valence electrons. The van der Waals surface area contributed by atoms with E-state index >= 15 is 0 Å². The van der Waals surface area contributed by atoms with E-state index in [-0.39, 0.29) is 35.8 Å². The minimum Gasteiger partial charge on any atom is -0.378 e. The number of imide groups is 2. The lowest BCUT2D eigenvalue weighted by Crippen LogP contribution is -2.56. The Morgan fingerprint density at radius 1 is 0.848 bits per heavy atom. The van der Waals surface area contributed by atoms with E-state index in [9.17, 15) is 28.4 Å². The number of piperazine rings is 1. The molecule has 0 bridgehead atoms. The first-order chi connectivity index (χ1) is 32.1. The lowest BCUT2D eigenvalue weighted by atomic mass is 9.97. The Hall–Kier alpha value is -7.52. The van der Waals surface area contributed by atoms with Crippen molar-refractivity contribution in [3.63, 3.8) is 0 Å². The van der Waals surface area contributed by atoms with Crippen molar-refractivity contribution in [2.45, 2.75) is 25.4 Å². The van der Waals surface area contributed by atoms with Gasteiger partial charge in [-0.05, 0) is 61.0 Å². The summed E-state index contributed by atoms with van der Waals surface area (Å²) >= 11 is 0. The van der Waals surface area contributed by atoms with Crippen LogP contribution >= 0.6 is 0 Å². The van der Waals surface area contributed by atoms with Crippen molar-refractivity contribution in [3.05, 3.63) is 89.8 Å². The van der Waals surface area contributed by atoms with E-state index < -0.39 is 29.7 Å². The average molecular weight is 897 g/mol. The van der Waals surface area contributed by atoms with Crippen molar-refractivity contribution in [1.82, 2.24) is 49.5 Å². The average Bonchev–Trinajstić information content (AvgIpc) is 4.00. The van der Waals surface area contributed by atoms with Gasteiger partial charge in [0.25, 0.3) is 11.8 Å². The normalized spacial score (nSPS) is 19.4. The molecule has 1 unspecified atom stereocenters. The zero-order valence-electron chi connectivity index (χ0n) is 35.7. The Balaban J connectivity index is 0.675. The van der Waals surface area contributed by atoms with Crippen LogP contribution in [-0.2, 0) is 20.9 Å². The lowest BCUT2D eigenvalue weighted by molar-refractivity contribution is -0.136. The zero-order valence-corrected chi connectivity index (χ0v) is 35.7. The lowest BCUT2D eigenvalue weighted by Gasteiger charge is -2.44. The largest absolute Gasteiger partial charge is 0.378 e. The number of H-pyrrole nitrogens is 1. The van der Waals surface area contributed by atoms with Crippen LogP contribution in [0, 0.1) is 11.7 Å². The molecular weight excluding hydrogens is 852 g/mol. The highest BCUT2D eigenvalue weighted by Gasteiger charge is 2.45. The second-order valence-electron chi connectivity index (χ2n) is 17.2. The first kappa shape index (κ1) is 41.2. The van der Waals surface area contributed by atoms with Gasteiger partial charge in [0.15, 0.2) is 17.0 Å². The molecule has 4 fully saturated rings. The second-order valence-corrected chi connectivity index (χ2v) is 17.2. The van der Waals surface area contributed by atoms with E-state index in [0.29, 0.717) is 92.0 Å². The van der Waals surface area contributed by atoms with Crippen molar-refractivity contribution in [3.8, 4) is 5.69 Å². The first-order valence-electron chi connectivity index (χ1n) is 22.1. The van der Waals surface area contributed by atoms with Gasteiger partial charge in [0, 0.05) is 82.6 Å². The number of nitrogens with zero attached hydrogens (tertiary/aromatic N) is 10. The molecule has 8 heterocycles. The van der Waals surface area contributed by atoms with Crippen LogP contribution < -0.4 is 25.8 Å². The molecule has 0 spiro atoms. The van der Waals surface area contributed by atoms with E-state index in [1.165, 1.54) is 12.1 Å². The quantitative estimate of drug-likeness (QED) is 0.146. The van der Waals surface area contributed by atoms with E-state index in [1.54, 1.807) is 35.2 Å². The van der Waals surface area contributed by atoms with Crippen molar-refractivity contribution in [2.24, 2.45) is 5.92 Å². The number of amides is 6. The van der Waals surface area contributed by atoms with Gasteiger partial charge in [0.05, 0.1) is 47.6 Å². The number of carbonyl (C=O) groups excluding carboxylic acids is 5. The summed E-state index contributed by atoms with van der Waals surface area (Å²) in [5, 5.41) is 8.67. The smallest absolute Gasteiger partial charge is 0.321 e. The molecule has 21 heteroatoms. The predicted octanol–water partition coefficient (Wildman–Crippen LogP) is 2.97. The van der Waals surface area contributed by atoms with Gasteiger partial charge in [0.1, 0.15) is 24.0 Å². The highest BCUT2D eigenvalue weighted by molar-refractivity contribution is 6.23. The Kier molecular flexibility index (Phi) is 10.5. The highest BCUT2D eigenvalue weighted by atomic mass is 19.1. The summed E-state index contributed by atoms with van der Waals surface area (Å²) in [7, 11) is 0. The van der Waals surface area contributed by atoms with E-state index in [0.717, 1.165) is 54.3 Å². The fourth-order valence-electron chi connectivity index (χ4n) is 9.38. The molecule has 20 nitrogen and oxygen atoms in total. The number of anilines is 4. The van der Waals surface area contributed by atoms with Gasteiger partial charge < -0.3 is 35.1 Å². The van der Waals surface area contributed by atoms with Crippen LogP contribution in [0.5, 0.6) is 0 Å².